The van der Waals surface area contributed by atoms with Crippen molar-refractivity contribution in [3.05, 3.63) is 46.9 Å². The second-order valence-electron chi connectivity index (χ2n) is 3.72. The summed E-state index contributed by atoms with van der Waals surface area (Å²) in [4.78, 5) is 7.60. The van der Waals surface area contributed by atoms with E-state index in [9.17, 15) is 13.2 Å². The van der Waals surface area contributed by atoms with Gasteiger partial charge in [0.2, 0.25) is 0 Å². The molecule has 0 radical (unpaired) electrons. The normalized spacial score (nSPS) is 10.9. The number of hydrogen-bond donors (Lipinski definition) is 1. The van der Waals surface area contributed by atoms with Gasteiger partial charge in [-0.05, 0) is 18.2 Å². The molecular formula is C12H6ClF3N4. The highest BCUT2D eigenvalue weighted by atomic mass is 35.5. The number of nitrogens with zero attached hydrogens (tertiary/aromatic N) is 3. The molecule has 0 bridgehead atoms. The van der Waals surface area contributed by atoms with Crippen molar-refractivity contribution in [2.75, 3.05) is 5.32 Å². The van der Waals surface area contributed by atoms with E-state index in [-0.39, 0.29) is 16.7 Å². The molecule has 102 valence electrons. The van der Waals surface area contributed by atoms with Crippen molar-refractivity contribution < 1.29 is 13.2 Å². The quantitative estimate of drug-likeness (QED) is 0.917. The van der Waals surface area contributed by atoms with Crippen molar-refractivity contribution in [2.45, 2.75) is 6.18 Å². The van der Waals surface area contributed by atoms with Crippen LogP contribution in [0.2, 0.25) is 5.15 Å². The van der Waals surface area contributed by atoms with E-state index in [0.29, 0.717) is 0 Å². The third-order valence-corrected chi connectivity index (χ3v) is 2.51. The second kappa shape index (κ2) is 5.35. The van der Waals surface area contributed by atoms with E-state index in [0.717, 1.165) is 12.1 Å². The molecule has 1 aromatic heterocycles. The number of anilines is 2. The fourth-order valence-corrected chi connectivity index (χ4v) is 1.65. The molecule has 1 aromatic carbocycles. The lowest BCUT2D eigenvalue weighted by Crippen LogP contribution is -2.08. The monoisotopic (exact) mass is 298 g/mol. The van der Waals surface area contributed by atoms with Gasteiger partial charge >= 0.3 is 6.18 Å². The first-order valence-electron chi connectivity index (χ1n) is 5.26. The summed E-state index contributed by atoms with van der Waals surface area (Å²) in [6.07, 6.45) is -1.99. The molecule has 0 aliphatic heterocycles. The Morgan fingerprint density at radius 3 is 2.60 bits per heavy atom. The van der Waals surface area contributed by atoms with Crippen LogP contribution in [0.1, 0.15) is 11.1 Å². The lowest BCUT2D eigenvalue weighted by molar-refractivity contribution is -0.137. The van der Waals surface area contributed by atoms with Crippen LogP contribution in [-0.4, -0.2) is 9.97 Å². The molecule has 0 fully saturated rings. The van der Waals surface area contributed by atoms with Gasteiger partial charge in [-0.3, -0.25) is 4.98 Å². The Balaban J connectivity index is 2.37. The molecular weight excluding hydrogens is 293 g/mol. The third kappa shape index (κ3) is 3.16. The largest absolute Gasteiger partial charge is 0.417 e. The van der Waals surface area contributed by atoms with Crippen molar-refractivity contribution in [2.24, 2.45) is 0 Å². The van der Waals surface area contributed by atoms with Crippen LogP contribution >= 0.6 is 11.6 Å². The van der Waals surface area contributed by atoms with Crippen LogP contribution in [0.3, 0.4) is 0 Å². The van der Waals surface area contributed by atoms with Crippen molar-refractivity contribution >= 4 is 23.1 Å². The van der Waals surface area contributed by atoms with E-state index in [4.69, 9.17) is 16.9 Å². The predicted octanol–water partition coefficient (Wildman–Crippen LogP) is 3.76. The lowest BCUT2D eigenvalue weighted by atomic mass is 10.1. The molecule has 0 spiro atoms. The Morgan fingerprint density at radius 2 is 2.00 bits per heavy atom. The summed E-state index contributed by atoms with van der Waals surface area (Å²) in [5.41, 5.74) is -1.33. The number of hydrogen-bond acceptors (Lipinski definition) is 4. The Labute approximate surface area is 116 Å². The standard InChI is InChI=1S/C12H6ClF3N4/c13-10-5-18-6-11(20-10)19-8-2-1-7(4-17)9(3-8)12(14,15)16/h1-3,5-6H,(H,19,20). The highest BCUT2D eigenvalue weighted by Crippen LogP contribution is 2.34. The number of alkyl halides is 3. The Bertz CT molecular complexity index is 679. The minimum atomic E-state index is -4.61. The first-order valence-corrected chi connectivity index (χ1v) is 5.64. The minimum absolute atomic E-state index is 0.111. The molecule has 1 heterocycles. The maximum absolute atomic E-state index is 12.8. The smallest absolute Gasteiger partial charge is 0.339 e. The Morgan fingerprint density at radius 1 is 1.25 bits per heavy atom. The maximum atomic E-state index is 12.8. The van der Waals surface area contributed by atoms with Crippen LogP contribution in [0, 0.1) is 11.3 Å². The molecule has 0 atom stereocenters. The van der Waals surface area contributed by atoms with Crippen molar-refractivity contribution in [1.29, 1.82) is 5.26 Å². The van der Waals surface area contributed by atoms with Crippen LogP contribution in [0.15, 0.2) is 30.6 Å². The average Bonchev–Trinajstić information content (AvgIpc) is 2.37. The fourth-order valence-electron chi connectivity index (χ4n) is 1.50. The van der Waals surface area contributed by atoms with E-state index in [1.807, 2.05) is 0 Å². The maximum Gasteiger partial charge on any atom is 0.417 e. The zero-order valence-corrected chi connectivity index (χ0v) is 10.5. The van der Waals surface area contributed by atoms with Gasteiger partial charge in [-0.2, -0.15) is 18.4 Å². The first-order chi connectivity index (χ1) is 9.40. The molecule has 4 nitrogen and oxygen atoms in total. The van der Waals surface area contributed by atoms with Gasteiger partial charge < -0.3 is 5.32 Å². The summed E-state index contributed by atoms with van der Waals surface area (Å²) in [6.45, 7) is 0. The van der Waals surface area contributed by atoms with E-state index in [1.54, 1.807) is 0 Å². The first kappa shape index (κ1) is 14.1. The second-order valence-corrected chi connectivity index (χ2v) is 4.11. The van der Waals surface area contributed by atoms with Gasteiger partial charge in [-0.25, -0.2) is 4.98 Å². The summed E-state index contributed by atoms with van der Waals surface area (Å²) in [5, 5.41) is 11.4. The van der Waals surface area contributed by atoms with Crippen LogP contribution < -0.4 is 5.32 Å². The molecule has 0 saturated heterocycles. The molecule has 0 aliphatic rings. The SMILES string of the molecule is N#Cc1ccc(Nc2cncc(Cl)n2)cc1C(F)(F)F. The number of benzene rings is 1. The molecule has 0 saturated carbocycles. The molecule has 0 aliphatic carbocycles. The van der Waals surface area contributed by atoms with E-state index < -0.39 is 17.3 Å². The van der Waals surface area contributed by atoms with Crippen molar-refractivity contribution in [3.63, 3.8) is 0 Å². The molecule has 2 rings (SSSR count). The highest BCUT2D eigenvalue weighted by Gasteiger charge is 2.33. The van der Waals surface area contributed by atoms with Crippen molar-refractivity contribution in [3.8, 4) is 6.07 Å². The van der Waals surface area contributed by atoms with Crippen LogP contribution in [0.5, 0.6) is 0 Å². The number of nitrogens with one attached hydrogen (secondary N) is 1. The van der Waals surface area contributed by atoms with Gasteiger partial charge in [-0.1, -0.05) is 11.6 Å². The molecule has 20 heavy (non-hydrogen) atoms. The molecule has 8 heteroatoms. The minimum Gasteiger partial charge on any atom is -0.339 e. The predicted molar refractivity (Wildman–Crippen MR) is 66.5 cm³/mol. The van der Waals surface area contributed by atoms with Crippen LogP contribution in [0.25, 0.3) is 0 Å². The zero-order valence-electron chi connectivity index (χ0n) is 9.74. The summed E-state index contributed by atoms with van der Waals surface area (Å²) in [7, 11) is 0. The van der Waals surface area contributed by atoms with Gasteiger partial charge in [0.25, 0.3) is 0 Å². The summed E-state index contributed by atoms with van der Waals surface area (Å²) in [6, 6.07) is 4.77. The fraction of sp³-hybridized carbons (Fsp3) is 0.0833. The van der Waals surface area contributed by atoms with Gasteiger partial charge in [0.1, 0.15) is 5.15 Å². The molecule has 1 N–H and O–H groups in total. The number of rotatable bonds is 2. The molecule has 0 amide bonds. The van der Waals surface area contributed by atoms with E-state index in [1.165, 1.54) is 24.5 Å². The van der Waals surface area contributed by atoms with Crippen molar-refractivity contribution in [1.82, 2.24) is 9.97 Å². The summed E-state index contributed by atoms with van der Waals surface area (Å²) < 4.78 is 38.4. The van der Waals surface area contributed by atoms with E-state index in [2.05, 4.69) is 15.3 Å². The number of aromatic nitrogens is 2. The average molecular weight is 299 g/mol. The third-order valence-electron chi connectivity index (χ3n) is 2.32. The Kier molecular flexibility index (Phi) is 3.77. The van der Waals surface area contributed by atoms with Gasteiger partial charge in [-0.15, -0.1) is 0 Å². The zero-order chi connectivity index (χ0) is 14.8. The summed E-state index contributed by atoms with van der Waals surface area (Å²) >= 11 is 5.63. The molecule has 2 aromatic rings. The van der Waals surface area contributed by atoms with Gasteiger partial charge in [0.05, 0.1) is 29.6 Å². The summed E-state index contributed by atoms with van der Waals surface area (Å²) in [5.74, 6) is 0.204. The topological polar surface area (TPSA) is 61.6 Å². The highest BCUT2D eigenvalue weighted by molar-refractivity contribution is 6.29. The van der Waals surface area contributed by atoms with Crippen LogP contribution in [-0.2, 0) is 6.18 Å². The van der Waals surface area contributed by atoms with E-state index >= 15 is 0 Å². The van der Waals surface area contributed by atoms with Gasteiger partial charge in [0.15, 0.2) is 5.82 Å². The number of halogens is 4. The Hall–Kier alpha value is -2.33. The lowest BCUT2D eigenvalue weighted by Gasteiger charge is -2.11. The van der Waals surface area contributed by atoms with Crippen LogP contribution in [0.4, 0.5) is 24.7 Å². The molecule has 0 unspecified atom stereocenters. The van der Waals surface area contributed by atoms with Gasteiger partial charge in [0, 0.05) is 5.69 Å². The number of nitriles is 1.